The van der Waals surface area contributed by atoms with E-state index in [1.54, 1.807) is 0 Å². The standard InChI is InChI=1S/Cs.F2HO4P/c;1-5-7(3,4)6-2/h;(H,3,4)/q+1;/p-1. The maximum absolute atomic E-state index is 10.3. The first-order valence-electron chi connectivity index (χ1n) is 1.04. The second kappa shape index (κ2) is 5.78. The van der Waals surface area contributed by atoms with Crippen molar-refractivity contribution in [2.45, 2.75) is 0 Å². The van der Waals surface area contributed by atoms with Gasteiger partial charge < -0.3 is 4.89 Å². The van der Waals surface area contributed by atoms with E-state index in [1.807, 2.05) is 9.46 Å². The second-order valence-corrected chi connectivity index (χ2v) is 1.76. The van der Waals surface area contributed by atoms with Crippen molar-refractivity contribution in [3.05, 3.63) is 0 Å². The third-order valence-corrected chi connectivity index (χ3v) is 0.507. The van der Waals surface area contributed by atoms with Crippen molar-refractivity contribution in [3.63, 3.8) is 0 Å². The van der Waals surface area contributed by atoms with Crippen LogP contribution in [0.2, 0.25) is 0 Å². The molecule has 0 aromatic heterocycles. The van der Waals surface area contributed by atoms with Crippen LogP contribution in [0.5, 0.6) is 0 Å². The van der Waals surface area contributed by atoms with E-state index in [4.69, 9.17) is 0 Å². The summed E-state index contributed by atoms with van der Waals surface area (Å²) in [4.78, 5) is 9.20. The van der Waals surface area contributed by atoms with Crippen LogP contribution in [0.1, 0.15) is 0 Å². The Kier molecular flexibility index (Phi) is 9.16. The Labute approximate surface area is 102 Å². The SMILES string of the molecule is O=P([O-])(OF)OF.[Cs+]. The van der Waals surface area contributed by atoms with Gasteiger partial charge in [0.2, 0.25) is 0 Å². The van der Waals surface area contributed by atoms with Gasteiger partial charge in [-0.25, -0.2) is 0 Å². The summed E-state index contributed by atoms with van der Waals surface area (Å²) in [5.41, 5.74) is 0. The maximum atomic E-state index is 10.3. The van der Waals surface area contributed by atoms with Gasteiger partial charge in [0, 0.05) is 0 Å². The normalized spacial score (nSPS) is 10.4. The zero-order valence-electron chi connectivity index (χ0n) is 3.84. The molecule has 44 valence electrons. The fraction of sp³-hybridized carbons (Fsp3) is 0. The van der Waals surface area contributed by atoms with Gasteiger partial charge in [-0.2, -0.15) is 0 Å². The van der Waals surface area contributed by atoms with Crippen molar-refractivity contribution in [3.8, 4) is 0 Å². The van der Waals surface area contributed by atoms with E-state index >= 15 is 0 Å². The van der Waals surface area contributed by atoms with Crippen LogP contribution in [0.4, 0.5) is 9.05 Å². The number of halogens is 2. The Hall–Kier alpha value is 2.02. The van der Waals surface area contributed by atoms with Crippen LogP contribution >= 0.6 is 7.82 Å². The van der Waals surface area contributed by atoms with Gasteiger partial charge in [-0.3, -0.25) is 4.57 Å². The predicted octanol–water partition coefficient (Wildman–Crippen LogP) is -2.74. The summed E-state index contributed by atoms with van der Waals surface area (Å²) in [7, 11) is -5.24. The molecule has 0 aliphatic heterocycles. The fourth-order valence-corrected chi connectivity index (χ4v) is 0.0319. The summed E-state index contributed by atoms with van der Waals surface area (Å²) in [6.45, 7) is 0. The third kappa shape index (κ3) is 6.15. The van der Waals surface area contributed by atoms with Crippen LogP contribution in [-0.4, -0.2) is 0 Å². The Morgan fingerprint density at radius 2 is 1.62 bits per heavy atom. The summed E-state index contributed by atoms with van der Waals surface area (Å²) in [5.74, 6) is 0. The van der Waals surface area contributed by atoms with Crippen molar-refractivity contribution >= 4 is 7.82 Å². The Bertz CT molecular complexity index is 86.0. The monoisotopic (exact) mass is 266 g/mol. The van der Waals surface area contributed by atoms with E-state index in [1.165, 1.54) is 0 Å². The molecule has 0 radical (unpaired) electrons. The Morgan fingerprint density at radius 3 is 1.62 bits per heavy atom. The molecule has 0 spiro atoms. The number of rotatable bonds is 2. The molecule has 0 amide bonds. The fourth-order valence-electron chi connectivity index (χ4n) is 0.0106. The molecule has 0 N–H and O–H groups in total. The first-order chi connectivity index (χ1) is 3.12. The molecule has 0 saturated carbocycles. The van der Waals surface area contributed by atoms with Crippen molar-refractivity contribution in [2.24, 2.45) is 0 Å². The molecule has 0 aromatic rings. The van der Waals surface area contributed by atoms with Gasteiger partial charge in [-0.05, 0) is 9.05 Å². The number of hydrogen-bond donors (Lipinski definition) is 0. The average Bonchev–Trinajstić information content (AvgIpc) is 1.68. The van der Waals surface area contributed by atoms with Gasteiger partial charge in [0.05, 0.1) is 0 Å². The van der Waals surface area contributed by atoms with Crippen molar-refractivity contribution in [1.82, 2.24) is 0 Å². The van der Waals surface area contributed by atoms with Crippen molar-refractivity contribution < 1.29 is 96.9 Å². The van der Waals surface area contributed by atoms with Crippen LogP contribution in [0.25, 0.3) is 0 Å². The first-order valence-corrected chi connectivity index (χ1v) is 2.50. The Balaban J connectivity index is 0. The Morgan fingerprint density at radius 1 is 1.38 bits per heavy atom. The summed E-state index contributed by atoms with van der Waals surface area (Å²) in [6.07, 6.45) is 0. The minimum Gasteiger partial charge on any atom is -0.752 e. The molecule has 0 saturated heterocycles. The maximum Gasteiger partial charge on any atom is 1.00 e. The third-order valence-electron chi connectivity index (χ3n) is 0.169. The largest absolute Gasteiger partial charge is 1.00 e. The van der Waals surface area contributed by atoms with Crippen molar-refractivity contribution in [2.75, 3.05) is 0 Å². The molecular weight excluding hydrogens is 266 g/mol. The van der Waals surface area contributed by atoms with E-state index in [9.17, 15) is 18.5 Å². The van der Waals surface area contributed by atoms with Crippen LogP contribution in [-0.2, 0) is 14.0 Å². The summed E-state index contributed by atoms with van der Waals surface area (Å²) in [6, 6.07) is 0. The molecule has 0 aliphatic rings. The van der Waals surface area contributed by atoms with Crippen LogP contribution in [0.15, 0.2) is 0 Å². The number of hydrogen-bond acceptors (Lipinski definition) is 4. The van der Waals surface area contributed by atoms with E-state index in [0.717, 1.165) is 0 Å². The van der Waals surface area contributed by atoms with Gasteiger partial charge in [-0.1, -0.05) is 0 Å². The molecule has 0 fully saturated rings. The van der Waals surface area contributed by atoms with Crippen molar-refractivity contribution in [1.29, 1.82) is 0 Å². The zero-order valence-corrected chi connectivity index (χ0v) is 11.0. The van der Waals surface area contributed by atoms with Gasteiger partial charge in [-0.15, -0.1) is 9.46 Å². The van der Waals surface area contributed by atoms with Crippen LogP contribution < -0.4 is 73.8 Å². The molecule has 0 aliphatic carbocycles. The summed E-state index contributed by atoms with van der Waals surface area (Å²) >= 11 is 0. The van der Waals surface area contributed by atoms with Gasteiger partial charge >= 0.3 is 76.7 Å². The summed E-state index contributed by atoms with van der Waals surface area (Å²) < 4.78 is 33.8. The molecule has 0 heterocycles. The topological polar surface area (TPSA) is 58.6 Å². The molecular formula is CsF2O4P. The number of phosphoric acid groups is 1. The van der Waals surface area contributed by atoms with Gasteiger partial charge in [0.15, 0.2) is 0 Å². The minimum atomic E-state index is -5.24. The zero-order chi connectivity index (χ0) is 5.91. The smallest absolute Gasteiger partial charge is 0.752 e. The molecule has 0 atom stereocenters. The molecule has 0 aromatic carbocycles. The molecule has 0 rings (SSSR count). The van der Waals surface area contributed by atoms with E-state index in [2.05, 4.69) is 0 Å². The van der Waals surface area contributed by atoms with E-state index in [-0.39, 0.29) is 68.9 Å². The molecule has 4 nitrogen and oxygen atoms in total. The summed E-state index contributed by atoms with van der Waals surface area (Å²) in [5, 5.41) is 0. The molecule has 0 bridgehead atoms. The van der Waals surface area contributed by atoms with E-state index < -0.39 is 7.82 Å². The quantitative estimate of drug-likeness (QED) is 0.509. The minimum absolute atomic E-state index is 0. The van der Waals surface area contributed by atoms with Crippen LogP contribution in [0.3, 0.4) is 0 Å². The van der Waals surface area contributed by atoms with Gasteiger partial charge in [0.25, 0.3) is 0 Å². The van der Waals surface area contributed by atoms with Crippen LogP contribution in [0, 0.1) is 0 Å². The average molecular weight is 266 g/mol. The first kappa shape index (κ1) is 12.7. The molecule has 0 unspecified atom stereocenters. The second-order valence-electron chi connectivity index (χ2n) is 0.585. The van der Waals surface area contributed by atoms with E-state index in [0.29, 0.717) is 0 Å². The van der Waals surface area contributed by atoms with Gasteiger partial charge in [0.1, 0.15) is 0 Å². The predicted molar refractivity (Wildman–Crippen MR) is 12.0 cm³/mol. The molecule has 8 heteroatoms. The molecule has 8 heavy (non-hydrogen) atoms.